The van der Waals surface area contributed by atoms with Crippen molar-refractivity contribution in [3.05, 3.63) is 34.6 Å². The van der Waals surface area contributed by atoms with E-state index in [0.29, 0.717) is 5.92 Å². The van der Waals surface area contributed by atoms with E-state index in [1.807, 2.05) is 13.8 Å². The van der Waals surface area contributed by atoms with E-state index in [-0.39, 0.29) is 11.9 Å². The first-order chi connectivity index (χ1) is 9.02. The van der Waals surface area contributed by atoms with Gasteiger partial charge in [-0.05, 0) is 62.3 Å². The van der Waals surface area contributed by atoms with Crippen molar-refractivity contribution in [3.8, 4) is 0 Å². The predicted octanol–water partition coefficient (Wildman–Crippen LogP) is 4.53. The number of hydrogen-bond acceptors (Lipinski definition) is 1. The van der Waals surface area contributed by atoms with E-state index < -0.39 is 0 Å². The minimum absolute atomic E-state index is 0.0389. The molecule has 106 valence electrons. The van der Waals surface area contributed by atoms with Crippen LogP contribution in [-0.2, 0) is 0 Å². The maximum atomic E-state index is 14.4. The quantitative estimate of drug-likeness (QED) is 0.841. The second-order valence-corrected chi connectivity index (χ2v) is 6.19. The third-order valence-electron chi connectivity index (χ3n) is 4.42. The standard InChI is InChI=1S/C17H26FN/c1-5-19-17(14-7-6-11(2)9-14)16-13(4)8-12(3)10-15(16)18/h8,10-11,14,17,19H,5-7,9H2,1-4H3. The number of hydrogen-bond donors (Lipinski definition) is 1. The smallest absolute Gasteiger partial charge is 0.128 e. The lowest BCUT2D eigenvalue weighted by Gasteiger charge is -2.27. The number of halogens is 1. The van der Waals surface area contributed by atoms with Crippen molar-refractivity contribution < 1.29 is 4.39 Å². The Morgan fingerprint density at radius 2 is 2.05 bits per heavy atom. The second-order valence-electron chi connectivity index (χ2n) is 6.19. The van der Waals surface area contributed by atoms with Gasteiger partial charge in [0.1, 0.15) is 5.82 Å². The van der Waals surface area contributed by atoms with Crippen molar-refractivity contribution in [1.29, 1.82) is 0 Å². The zero-order valence-electron chi connectivity index (χ0n) is 12.6. The van der Waals surface area contributed by atoms with Gasteiger partial charge in [0.15, 0.2) is 0 Å². The fourth-order valence-electron chi connectivity index (χ4n) is 3.60. The van der Waals surface area contributed by atoms with Crippen LogP contribution in [-0.4, -0.2) is 6.54 Å². The Morgan fingerprint density at radius 3 is 2.58 bits per heavy atom. The molecule has 0 bridgehead atoms. The summed E-state index contributed by atoms with van der Waals surface area (Å²) in [5.74, 6) is 1.31. The molecule has 3 atom stereocenters. The van der Waals surface area contributed by atoms with Crippen LogP contribution < -0.4 is 5.32 Å². The van der Waals surface area contributed by atoms with Crippen LogP contribution in [0.15, 0.2) is 12.1 Å². The Balaban J connectivity index is 2.33. The normalized spacial score (nSPS) is 24.7. The summed E-state index contributed by atoms with van der Waals surface area (Å²) in [7, 11) is 0. The van der Waals surface area contributed by atoms with Gasteiger partial charge in [-0.1, -0.05) is 26.3 Å². The lowest BCUT2D eigenvalue weighted by molar-refractivity contribution is 0.353. The maximum absolute atomic E-state index is 14.4. The molecule has 1 aromatic rings. The van der Waals surface area contributed by atoms with Crippen molar-refractivity contribution >= 4 is 0 Å². The van der Waals surface area contributed by atoms with Gasteiger partial charge >= 0.3 is 0 Å². The van der Waals surface area contributed by atoms with Crippen LogP contribution >= 0.6 is 0 Å². The SMILES string of the molecule is CCNC(c1c(C)cc(C)cc1F)C1CCC(C)C1. The largest absolute Gasteiger partial charge is 0.310 e. The average Bonchev–Trinajstić information content (AvgIpc) is 2.73. The van der Waals surface area contributed by atoms with Crippen molar-refractivity contribution in [2.24, 2.45) is 11.8 Å². The summed E-state index contributed by atoms with van der Waals surface area (Å²) < 4.78 is 14.4. The Morgan fingerprint density at radius 1 is 1.32 bits per heavy atom. The lowest BCUT2D eigenvalue weighted by Crippen LogP contribution is -2.28. The molecular formula is C17H26FN. The molecule has 1 N–H and O–H groups in total. The summed E-state index contributed by atoms with van der Waals surface area (Å²) in [4.78, 5) is 0. The third kappa shape index (κ3) is 3.17. The molecule has 0 spiro atoms. The van der Waals surface area contributed by atoms with Gasteiger partial charge in [0.05, 0.1) is 0 Å². The van der Waals surface area contributed by atoms with Crippen LogP contribution in [0.1, 0.15) is 55.8 Å². The highest BCUT2D eigenvalue weighted by atomic mass is 19.1. The molecule has 19 heavy (non-hydrogen) atoms. The van der Waals surface area contributed by atoms with Gasteiger partial charge in [0.25, 0.3) is 0 Å². The van der Waals surface area contributed by atoms with E-state index in [2.05, 4.69) is 25.2 Å². The lowest BCUT2D eigenvalue weighted by atomic mass is 9.87. The van der Waals surface area contributed by atoms with Crippen LogP contribution in [0.3, 0.4) is 0 Å². The Labute approximate surface area is 116 Å². The third-order valence-corrected chi connectivity index (χ3v) is 4.42. The molecule has 2 rings (SSSR count). The summed E-state index contributed by atoms with van der Waals surface area (Å²) in [6.07, 6.45) is 3.70. The molecule has 2 heteroatoms. The highest BCUT2D eigenvalue weighted by Gasteiger charge is 2.31. The molecule has 1 aliphatic carbocycles. The number of rotatable bonds is 4. The zero-order valence-corrected chi connectivity index (χ0v) is 12.6. The van der Waals surface area contributed by atoms with Gasteiger partial charge in [0.2, 0.25) is 0 Å². The molecule has 0 aliphatic heterocycles. The highest BCUT2D eigenvalue weighted by molar-refractivity contribution is 5.35. The Kier molecular flexibility index (Phi) is 4.62. The van der Waals surface area contributed by atoms with Crippen LogP contribution in [0.5, 0.6) is 0 Å². The van der Waals surface area contributed by atoms with Crippen LogP contribution in [0.25, 0.3) is 0 Å². The first-order valence-electron chi connectivity index (χ1n) is 7.53. The average molecular weight is 263 g/mol. The summed E-state index contributed by atoms with van der Waals surface area (Å²) in [6.45, 7) is 9.30. The number of aryl methyl sites for hydroxylation is 2. The molecular weight excluding hydrogens is 237 g/mol. The summed E-state index contributed by atoms with van der Waals surface area (Å²) in [5, 5.41) is 3.52. The number of nitrogens with one attached hydrogen (secondary N) is 1. The maximum Gasteiger partial charge on any atom is 0.128 e. The van der Waals surface area contributed by atoms with Crippen LogP contribution in [0.4, 0.5) is 4.39 Å². The molecule has 1 aliphatic rings. The molecule has 1 fully saturated rings. The first kappa shape index (κ1) is 14.5. The predicted molar refractivity (Wildman–Crippen MR) is 78.8 cm³/mol. The monoisotopic (exact) mass is 263 g/mol. The van der Waals surface area contributed by atoms with E-state index >= 15 is 0 Å². The highest BCUT2D eigenvalue weighted by Crippen LogP contribution is 2.40. The molecule has 0 radical (unpaired) electrons. The Hall–Kier alpha value is -0.890. The minimum Gasteiger partial charge on any atom is -0.310 e. The van der Waals surface area contributed by atoms with E-state index in [9.17, 15) is 4.39 Å². The molecule has 0 saturated heterocycles. The number of benzene rings is 1. The fourth-order valence-corrected chi connectivity index (χ4v) is 3.60. The van der Waals surface area contributed by atoms with E-state index in [1.165, 1.54) is 19.3 Å². The van der Waals surface area contributed by atoms with Crippen molar-refractivity contribution in [3.63, 3.8) is 0 Å². The van der Waals surface area contributed by atoms with Gasteiger partial charge in [-0.3, -0.25) is 0 Å². The van der Waals surface area contributed by atoms with E-state index in [1.54, 1.807) is 6.07 Å². The molecule has 0 amide bonds. The minimum atomic E-state index is -0.0389. The molecule has 0 aromatic heterocycles. The second kappa shape index (κ2) is 6.04. The Bertz CT molecular complexity index is 418. The topological polar surface area (TPSA) is 12.0 Å². The van der Waals surface area contributed by atoms with E-state index in [0.717, 1.165) is 29.2 Å². The van der Waals surface area contributed by atoms with Crippen molar-refractivity contribution in [2.45, 2.75) is 53.0 Å². The zero-order chi connectivity index (χ0) is 14.0. The van der Waals surface area contributed by atoms with E-state index in [4.69, 9.17) is 0 Å². The summed E-state index contributed by atoms with van der Waals surface area (Å²) >= 11 is 0. The van der Waals surface area contributed by atoms with Gasteiger partial charge < -0.3 is 5.32 Å². The molecule has 1 saturated carbocycles. The van der Waals surface area contributed by atoms with Crippen LogP contribution in [0, 0.1) is 31.5 Å². The summed E-state index contributed by atoms with van der Waals surface area (Å²) in [5.41, 5.74) is 2.99. The summed E-state index contributed by atoms with van der Waals surface area (Å²) in [6, 6.07) is 3.95. The van der Waals surface area contributed by atoms with Crippen molar-refractivity contribution in [2.75, 3.05) is 6.54 Å². The molecule has 0 heterocycles. The van der Waals surface area contributed by atoms with Gasteiger partial charge in [-0.25, -0.2) is 4.39 Å². The molecule has 1 aromatic carbocycles. The van der Waals surface area contributed by atoms with Crippen LogP contribution in [0.2, 0.25) is 0 Å². The molecule has 1 nitrogen and oxygen atoms in total. The first-order valence-corrected chi connectivity index (χ1v) is 7.53. The van der Waals surface area contributed by atoms with Crippen molar-refractivity contribution in [1.82, 2.24) is 5.32 Å². The van der Waals surface area contributed by atoms with Gasteiger partial charge in [-0.2, -0.15) is 0 Å². The fraction of sp³-hybridized carbons (Fsp3) is 0.647. The van der Waals surface area contributed by atoms with Gasteiger partial charge in [-0.15, -0.1) is 0 Å². The van der Waals surface area contributed by atoms with Gasteiger partial charge in [0, 0.05) is 11.6 Å². The molecule has 3 unspecified atom stereocenters.